The summed E-state index contributed by atoms with van der Waals surface area (Å²) in [5, 5.41) is 59.7. The summed E-state index contributed by atoms with van der Waals surface area (Å²) in [5.74, 6) is -5.46. The zero-order chi connectivity index (χ0) is 29.6. The Morgan fingerprint density at radius 2 is 1.83 bits per heavy atom. The van der Waals surface area contributed by atoms with Crippen LogP contribution in [0.2, 0.25) is 5.02 Å². The molecular weight excluding hydrogens is 571 g/mol. The van der Waals surface area contributed by atoms with Gasteiger partial charge in [-0.2, -0.15) is 5.26 Å². The number of nitriles is 1. The fourth-order valence-electron chi connectivity index (χ4n) is 5.04. The van der Waals surface area contributed by atoms with Gasteiger partial charge >= 0.3 is 0 Å². The van der Waals surface area contributed by atoms with Gasteiger partial charge in [0.05, 0.1) is 36.6 Å². The van der Waals surface area contributed by atoms with Crippen molar-refractivity contribution in [2.24, 2.45) is 0 Å². The lowest BCUT2D eigenvalue weighted by Gasteiger charge is -2.46. The quantitative estimate of drug-likeness (QED) is 0.310. The van der Waals surface area contributed by atoms with Crippen LogP contribution in [0.25, 0.3) is 11.3 Å². The molecule has 5 unspecified atom stereocenters. The predicted octanol–water partition coefficient (Wildman–Crippen LogP) is 1.47. The maximum Gasteiger partial charge on any atom is 0.259 e. The first-order valence-electron chi connectivity index (χ1n) is 12.4. The third kappa shape index (κ3) is 5.28. The van der Waals surface area contributed by atoms with Gasteiger partial charge in [0, 0.05) is 16.3 Å². The molecule has 2 fully saturated rings. The van der Waals surface area contributed by atoms with Crippen LogP contribution in [-0.2, 0) is 9.53 Å². The fraction of sp³-hybridized carbons (Fsp3) is 0.385. The number of ether oxygens (including phenoxy) is 1. The van der Waals surface area contributed by atoms with E-state index in [2.05, 4.69) is 10.3 Å². The summed E-state index contributed by atoms with van der Waals surface area (Å²) in [5.41, 5.74) is -0.0338. The predicted molar refractivity (Wildman–Crippen MR) is 135 cm³/mol. The van der Waals surface area contributed by atoms with Crippen molar-refractivity contribution in [2.75, 3.05) is 11.5 Å². The number of carbonyl (C=O) groups excluding carboxylic acids is 1. The summed E-state index contributed by atoms with van der Waals surface area (Å²) in [7, 11) is 0. The first kappa shape index (κ1) is 28.9. The van der Waals surface area contributed by atoms with Gasteiger partial charge in [-0.25, -0.2) is 17.9 Å². The molecule has 11 nitrogen and oxygen atoms in total. The molecule has 5 rings (SSSR count). The Morgan fingerprint density at radius 1 is 1.12 bits per heavy atom. The van der Waals surface area contributed by atoms with E-state index < -0.39 is 72.6 Å². The molecule has 216 valence electrons. The highest BCUT2D eigenvalue weighted by Gasteiger charge is 2.51. The van der Waals surface area contributed by atoms with E-state index in [1.54, 1.807) is 0 Å². The number of aromatic nitrogens is 3. The minimum Gasteiger partial charge on any atom is -0.394 e. The van der Waals surface area contributed by atoms with Crippen LogP contribution in [-0.4, -0.2) is 84.5 Å². The molecule has 2 heterocycles. The highest BCUT2D eigenvalue weighted by Crippen LogP contribution is 2.37. The average Bonchev–Trinajstić information content (AvgIpc) is 3.42. The number of nitrogens with zero attached hydrogens (tertiary/aromatic N) is 5. The van der Waals surface area contributed by atoms with E-state index >= 15 is 0 Å². The number of hydrogen-bond donors (Lipinski definition) is 4. The van der Waals surface area contributed by atoms with Crippen LogP contribution in [0.3, 0.4) is 0 Å². The van der Waals surface area contributed by atoms with Crippen molar-refractivity contribution < 1.29 is 43.1 Å². The van der Waals surface area contributed by atoms with Gasteiger partial charge in [-0.15, -0.1) is 5.10 Å². The highest BCUT2D eigenvalue weighted by atomic mass is 35.5. The van der Waals surface area contributed by atoms with Crippen LogP contribution >= 0.6 is 11.6 Å². The number of carbonyl (C=O) groups is 1. The van der Waals surface area contributed by atoms with Gasteiger partial charge in [0.2, 0.25) is 0 Å². The van der Waals surface area contributed by atoms with E-state index in [1.807, 2.05) is 6.07 Å². The van der Waals surface area contributed by atoms with Gasteiger partial charge in [-0.3, -0.25) is 4.79 Å². The van der Waals surface area contributed by atoms with Crippen molar-refractivity contribution in [2.45, 2.75) is 55.4 Å². The summed E-state index contributed by atoms with van der Waals surface area (Å²) >= 11 is 6.16. The van der Waals surface area contributed by atoms with E-state index in [0.29, 0.717) is 25.0 Å². The Bertz CT molecular complexity index is 1500. The number of rotatable bonds is 6. The zero-order valence-corrected chi connectivity index (χ0v) is 21.7. The Morgan fingerprint density at radius 3 is 2.41 bits per heavy atom. The molecule has 1 amide bonds. The van der Waals surface area contributed by atoms with E-state index in [4.69, 9.17) is 16.3 Å². The molecule has 1 aliphatic carbocycles. The minimum atomic E-state index is -1.81. The second-order valence-electron chi connectivity index (χ2n) is 9.82. The second-order valence-corrected chi connectivity index (χ2v) is 10.3. The number of anilines is 1. The summed E-state index contributed by atoms with van der Waals surface area (Å²) in [6.07, 6.45) is -5.58. The van der Waals surface area contributed by atoms with Crippen LogP contribution in [0.15, 0.2) is 36.5 Å². The number of aliphatic hydroxyl groups excluding tert-OH is 4. The minimum absolute atomic E-state index is 0.134. The lowest BCUT2D eigenvalue weighted by Crippen LogP contribution is -2.63. The molecule has 0 bridgehead atoms. The molecule has 1 aliphatic heterocycles. The summed E-state index contributed by atoms with van der Waals surface area (Å²) in [4.78, 5) is 15.1. The standard InChI is InChI=1S/C26H23ClF3N5O6/c27-13-3-11(8-31)4-14(7-13)35(18-1-2-19(18)37)26(40)25-24(39)22(23(38)20(10-36)41-25)34-9-17(32-33-34)12-5-15(28)21(30)16(29)6-12/h3-7,9,18-20,22-25,36-39H,1-2,10H2/t18-,19-,20?,22?,23?,24?,25?/m1/s1. The van der Waals surface area contributed by atoms with Crippen molar-refractivity contribution in [3.05, 3.63) is 64.6 Å². The maximum absolute atomic E-state index is 14.0. The molecule has 2 aliphatic rings. The lowest BCUT2D eigenvalue weighted by molar-refractivity contribution is -0.205. The van der Waals surface area contributed by atoms with Gasteiger partial charge in [0.1, 0.15) is 30.0 Å². The van der Waals surface area contributed by atoms with Crippen molar-refractivity contribution in [1.82, 2.24) is 15.0 Å². The molecule has 4 N–H and O–H groups in total. The average molecular weight is 594 g/mol. The summed E-state index contributed by atoms with van der Waals surface area (Å²) < 4.78 is 47.6. The van der Waals surface area contributed by atoms with E-state index in [9.17, 15) is 43.7 Å². The molecular formula is C26H23ClF3N5O6. The SMILES string of the molecule is N#Cc1cc(Cl)cc(N(C(=O)C2OC(CO)C(O)C(n3cc(-c4cc(F)c(F)c(F)c4)nn3)C2O)[C@@H]2CC[C@H]2O)c1. The number of amides is 1. The Hall–Kier alpha value is -3.58. The molecule has 2 aromatic carbocycles. The normalized spacial score (nSPS) is 27.6. The van der Waals surface area contributed by atoms with Gasteiger partial charge < -0.3 is 30.1 Å². The Balaban J connectivity index is 1.51. The van der Waals surface area contributed by atoms with Gasteiger partial charge in [0.15, 0.2) is 23.6 Å². The first-order valence-corrected chi connectivity index (χ1v) is 12.8. The zero-order valence-electron chi connectivity index (χ0n) is 21.0. The van der Waals surface area contributed by atoms with E-state index in [0.717, 1.165) is 15.8 Å². The molecule has 7 atom stereocenters. The highest BCUT2D eigenvalue weighted by molar-refractivity contribution is 6.31. The second kappa shape index (κ2) is 11.4. The van der Waals surface area contributed by atoms with Crippen LogP contribution in [0.1, 0.15) is 24.4 Å². The molecule has 1 saturated carbocycles. The first-order chi connectivity index (χ1) is 19.5. The largest absolute Gasteiger partial charge is 0.394 e. The molecule has 3 aromatic rings. The van der Waals surface area contributed by atoms with Gasteiger partial charge in [0.25, 0.3) is 5.91 Å². The van der Waals surface area contributed by atoms with Crippen molar-refractivity contribution >= 4 is 23.2 Å². The van der Waals surface area contributed by atoms with Crippen LogP contribution in [0.4, 0.5) is 18.9 Å². The summed E-state index contributed by atoms with van der Waals surface area (Å²) in [6, 6.07) is 5.28. The van der Waals surface area contributed by atoms with Crippen molar-refractivity contribution in [1.29, 1.82) is 5.26 Å². The smallest absolute Gasteiger partial charge is 0.259 e. The molecule has 1 aromatic heterocycles. The maximum atomic E-state index is 14.0. The van der Waals surface area contributed by atoms with Crippen molar-refractivity contribution in [3.63, 3.8) is 0 Å². The van der Waals surface area contributed by atoms with Crippen LogP contribution in [0, 0.1) is 28.8 Å². The van der Waals surface area contributed by atoms with Crippen molar-refractivity contribution in [3.8, 4) is 17.3 Å². The molecule has 0 radical (unpaired) electrons. The Kier molecular flexibility index (Phi) is 8.02. The third-order valence-corrected chi connectivity index (χ3v) is 7.51. The van der Waals surface area contributed by atoms with E-state index in [1.165, 1.54) is 18.2 Å². The lowest BCUT2D eigenvalue weighted by atomic mass is 9.85. The third-order valence-electron chi connectivity index (χ3n) is 7.29. The summed E-state index contributed by atoms with van der Waals surface area (Å²) in [6.45, 7) is -0.772. The number of benzene rings is 2. The number of aliphatic hydroxyl groups is 4. The topological polar surface area (TPSA) is 165 Å². The molecule has 41 heavy (non-hydrogen) atoms. The van der Waals surface area contributed by atoms with Gasteiger partial charge in [-0.1, -0.05) is 16.8 Å². The monoisotopic (exact) mass is 593 g/mol. The molecule has 15 heteroatoms. The fourth-order valence-corrected chi connectivity index (χ4v) is 5.27. The molecule has 1 saturated heterocycles. The van der Waals surface area contributed by atoms with E-state index in [-0.39, 0.29) is 27.5 Å². The van der Waals surface area contributed by atoms with Crippen LogP contribution < -0.4 is 4.90 Å². The number of hydrogen-bond acceptors (Lipinski definition) is 9. The molecule has 0 spiro atoms. The Labute approximate surface area is 235 Å². The number of halogens is 4. The van der Waals surface area contributed by atoms with Gasteiger partial charge in [-0.05, 0) is 43.2 Å². The van der Waals surface area contributed by atoms with Crippen LogP contribution in [0.5, 0.6) is 0 Å².